The van der Waals surface area contributed by atoms with Crippen molar-refractivity contribution in [2.24, 2.45) is 5.92 Å². The molecule has 0 aromatic carbocycles. The van der Waals surface area contributed by atoms with Gasteiger partial charge in [-0.25, -0.2) is 4.98 Å². The molecule has 1 saturated carbocycles. The van der Waals surface area contributed by atoms with Crippen LogP contribution in [-0.2, 0) is 4.79 Å². The van der Waals surface area contributed by atoms with Crippen LogP contribution >= 0.6 is 23.1 Å². The number of thiazole rings is 1. The summed E-state index contributed by atoms with van der Waals surface area (Å²) in [6, 6.07) is 2.06. The van der Waals surface area contributed by atoms with Crippen molar-refractivity contribution in [1.29, 1.82) is 5.26 Å². The monoisotopic (exact) mass is 311 g/mol. The van der Waals surface area contributed by atoms with Gasteiger partial charge in [0.25, 0.3) is 5.91 Å². The fourth-order valence-electron chi connectivity index (χ4n) is 2.33. The number of carbonyl (C=O) groups excluding carboxylic acids is 1. The van der Waals surface area contributed by atoms with Gasteiger partial charge >= 0.3 is 0 Å². The fourth-order valence-corrected chi connectivity index (χ4v) is 4.14. The van der Waals surface area contributed by atoms with Crippen LogP contribution in [0, 0.1) is 24.2 Å². The Morgan fingerprint density at radius 1 is 1.65 bits per heavy atom. The minimum absolute atomic E-state index is 0.0727. The van der Waals surface area contributed by atoms with Crippen molar-refractivity contribution < 1.29 is 9.90 Å². The summed E-state index contributed by atoms with van der Waals surface area (Å²) in [5, 5.41) is 21.8. The van der Waals surface area contributed by atoms with E-state index in [0.717, 1.165) is 35.6 Å². The maximum absolute atomic E-state index is 12.0. The second kappa shape index (κ2) is 7.07. The number of aryl methyl sites for hydroxylation is 1. The minimum Gasteiger partial charge on any atom is -0.383 e. The fraction of sp³-hybridized carbons (Fsp3) is 0.615. The molecule has 108 valence electrons. The number of carbonyl (C=O) groups is 1. The van der Waals surface area contributed by atoms with E-state index in [4.69, 9.17) is 5.26 Å². The number of aromatic nitrogens is 1. The van der Waals surface area contributed by atoms with E-state index in [1.807, 2.05) is 6.92 Å². The minimum atomic E-state index is -0.947. The smallest absolute Gasteiger partial charge is 0.255 e. The zero-order valence-corrected chi connectivity index (χ0v) is 12.9. The average Bonchev–Trinajstić information content (AvgIpc) is 3.05. The number of anilines is 1. The molecule has 1 aromatic rings. The number of aliphatic hydroxyl groups is 1. The number of amides is 1. The van der Waals surface area contributed by atoms with Gasteiger partial charge in [0.15, 0.2) is 5.13 Å². The van der Waals surface area contributed by atoms with Gasteiger partial charge in [-0.3, -0.25) is 10.1 Å². The van der Waals surface area contributed by atoms with E-state index in [2.05, 4.69) is 16.4 Å². The lowest BCUT2D eigenvalue weighted by molar-refractivity contribution is -0.126. The first-order valence-electron chi connectivity index (χ1n) is 6.58. The Kier molecular flexibility index (Phi) is 5.40. The van der Waals surface area contributed by atoms with Crippen molar-refractivity contribution >= 4 is 34.1 Å². The van der Waals surface area contributed by atoms with Gasteiger partial charge in [-0.1, -0.05) is 35.9 Å². The summed E-state index contributed by atoms with van der Waals surface area (Å²) in [7, 11) is 0. The van der Waals surface area contributed by atoms with Crippen molar-refractivity contribution in [3.8, 4) is 6.07 Å². The third-order valence-electron chi connectivity index (χ3n) is 3.37. The predicted molar refractivity (Wildman–Crippen MR) is 79.8 cm³/mol. The average molecular weight is 311 g/mol. The lowest BCUT2D eigenvalue weighted by Crippen LogP contribution is -2.33. The Morgan fingerprint density at radius 3 is 3.00 bits per heavy atom. The van der Waals surface area contributed by atoms with Crippen molar-refractivity contribution in [2.75, 3.05) is 11.1 Å². The number of nitrogens with zero attached hydrogens (tertiary/aromatic N) is 2. The van der Waals surface area contributed by atoms with Crippen LogP contribution in [0.5, 0.6) is 0 Å². The van der Waals surface area contributed by atoms with Crippen molar-refractivity contribution in [2.45, 2.75) is 42.9 Å². The number of nitriles is 1. The van der Waals surface area contributed by atoms with E-state index in [1.54, 1.807) is 0 Å². The quantitative estimate of drug-likeness (QED) is 0.816. The van der Waals surface area contributed by atoms with Crippen LogP contribution in [0.4, 0.5) is 5.13 Å². The molecule has 2 N–H and O–H groups in total. The molecule has 1 amide bonds. The molecule has 1 atom stereocenters. The zero-order chi connectivity index (χ0) is 14.5. The van der Waals surface area contributed by atoms with Gasteiger partial charge in [0.05, 0.1) is 21.7 Å². The standard InChI is InChI=1S/C13H17N3O2S2/c1-8-12(19-7-6-14)20-13(15-8)16-11(18)10(17)9-4-2-3-5-9/h9-10,17H,2-5,7H2,1H3,(H,15,16,18). The summed E-state index contributed by atoms with van der Waals surface area (Å²) in [6.07, 6.45) is 3.04. The van der Waals surface area contributed by atoms with Gasteiger partial charge in [-0.15, -0.1) is 0 Å². The summed E-state index contributed by atoms with van der Waals surface area (Å²) in [5.41, 5.74) is 0.806. The summed E-state index contributed by atoms with van der Waals surface area (Å²) >= 11 is 2.76. The van der Waals surface area contributed by atoms with Crippen LogP contribution in [-0.4, -0.2) is 27.9 Å². The van der Waals surface area contributed by atoms with E-state index < -0.39 is 6.10 Å². The molecular formula is C13H17N3O2S2. The molecule has 1 aliphatic carbocycles. The molecule has 20 heavy (non-hydrogen) atoms. The molecule has 0 saturated heterocycles. The van der Waals surface area contributed by atoms with Gasteiger partial charge in [0.1, 0.15) is 6.10 Å². The normalized spacial score (nSPS) is 16.9. The molecule has 1 unspecified atom stereocenters. The molecule has 7 heteroatoms. The van der Waals surface area contributed by atoms with Crippen LogP contribution < -0.4 is 5.32 Å². The molecule has 0 aliphatic heterocycles. The lowest BCUT2D eigenvalue weighted by atomic mass is 10.0. The number of hydrogen-bond acceptors (Lipinski definition) is 6. The Hall–Kier alpha value is -1.10. The predicted octanol–water partition coefficient (Wildman–Crippen LogP) is 2.56. The van der Waals surface area contributed by atoms with E-state index >= 15 is 0 Å². The number of rotatable bonds is 5. The van der Waals surface area contributed by atoms with Crippen LogP contribution in [0.3, 0.4) is 0 Å². The second-order valence-electron chi connectivity index (χ2n) is 4.82. The van der Waals surface area contributed by atoms with Crippen LogP contribution in [0.1, 0.15) is 31.4 Å². The van der Waals surface area contributed by atoms with Crippen LogP contribution in [0.15, 0.2) is 4.21 Å². The lowest BCUT2D eigenvalue weighted by Gasteiger charge is -2.15. The highest BCUT2D eigenvalue weighted by atomic mass is 32.2. The Bertz CT molecular complexity index is 518. The van der Waals surface area contributed by atoms with E-state index in [-0.39, 0.29) is 11.8 Å². The maximum atomic E-state index is 12.0. The summed E-state index contributed by atoms with van der Waals surface area (Å²) < 4.78 is 0.928. The molecular weight excluding hydrogens is 294 g/mol. The molecule has 1 heterocycles. The van der Waals surface area contributed by atoms with Crippen molar-refractivity contribution in [1.82, 2.24) is 4.98 Å². The highest BCUT2D eigenvalue weighted by Crippen LogP contribution is 2.32. The van der Waals surface area contributed by atoms with Crippen molar-refractivity contribution in [3.05, 3.63) is 5.69 Å². The zero-order valence-electron chi connectivity index (χ0n) is 11.3. The Labute approximate surface area is 126 Å². The molecule has 5 nitrogen and oxygen atoms in total. The van der Waals surface area contributed by atoms with Gasteiger partial charge in [0, 0.05) is 0 Å². The third-order valence-corrected chi connectivity index (χ3v) is 5.67. The molecule has 1 aliphatic rings. The summed E-state index contributed by atoms with van der Waals surface area (Å²) in [6.45, 7) is 1.85. The van der Waals surface area contributed by atoms with E-state index in [0.29, 0.717) is 10.9 Å². The summed E-state index contributed by atoms with van der Waals surface area (Å²) in [5.74, 6) is 0.0622. The topological polar surface area (TPSA) is 86.0 Å². The molecule has 0 radical (unpaired) electrons. The van der Waals surface area contributed by atoms with Crippen LogP contribution in [0.2, 0.25) is 0 Å². The largest absolute Gasteiger partial charge is 0.383 e. The molecule has 1 aromatic heterocycles. The maximum Gasteiger partial charge on any atom is 0.255 e. The van der Waals surface area contributed by atoms with Gasteiger partial charge < -0.3 is 5.11 Å². The molecule has 0 bridgehead atoms. The molecule has 0 spiro atoms. The second-order valence-corrected chi connectivity index (χ2v) is 7.06. The molecule has 1 fully saturated rings. The first-order valence-corrected chi connectivity index (χ1v) is 8.38. The molecule has 2 rings (SSSR count). The first-order chi connectivity index (χ1) is 9.61. The Balaban J connectivity index is 1.95. The number of hydrogen-bond donors (Lipinski definition) is 2. The first kappa shape index (κ1) is 15.3. The van der Waals surface area contributed by atoms with Crippen LogP contribution in [0.25, 0.3) is 0 Å². The Morgan fingerprint density at radius 2 is 2.35 bits per heavy atom. The van der Waals surface area contributed by atoms with Gasteiger partial charge in [-0.05, 0) is 25.7 Å². The summed E-state index contributed by atoms with van der Waals surface area (Å²) in [4.78, 5) is 16.2. The van der Waals surface area contributed by atoms with E-state index in [9.17, 15) is 9.90 Å². The SMILES string of the molecule is Cc1nc(NC(=O)C(O)C2CCCC2)sc1SCC#N. The highest BCUT2D eigenvalue weighted by molar-refractivity contribution is 8.01. The van der Waals surface area contributed by atoms with Gasteiger partial charge in [-0.2, -0.15) is 5.26 Å². The third kappa shape index (κ3) is 3.72. The number of thioether (sulfide) groups is 1. The number of nitrogens with one attached hydrogen (secondary N) is 1. The number of aliphatic hydroxyl groups excluding tert-OH is 1. The van der Waals surface area contributed by atoms with E-state index in [1.165, 1.54) is 23.1 Å². The van der Waals surface area contributed by atoms with Gasteiger partial charge in [0.2, 0.25) is 0 Å². The highest BCUT2D eigenvalue weighted by Gasteiger charge is 2.29. The van der Waals surface area contributed by atoms with Crippen molar-refractivity contribution in [3.63, 3.8) is 0 Å².